The third-order valence-electron chi connectivity index (χ3n) is 5.54. The van der Waals surface area contributed by atoms with E-state index in [1.165, 1.54) is 11.1 Å². The van der Waals surface area contributed by atoms with Gasteiger partial charge in [-0.05, 0) is 37.3 Å². The summed E-state index contributed by atoms with van der Waals surface area (Å²) in [6.07, 6.45) is 4.30. The van der Waals surface area contributed by atoms with Crippen molar-refractivity contribution < 1.29 is 0 Å². The molecule has 0 atom stereocenters. The van der Waals surface area contributed by atoms with Crippen LogP contribution in [0.1, 0.15) is 24.1 Å². The molecule has 144 valence electrons. The number of rotatable bonds is 4. The van der Waals surface area contributed by atoms with Crippen LogP contribution < -0.4 is 16.0 Å². The van der Waals surface area contributed by atoms with Gasteiger partial charge in [0.2, 0.25) is 0 Å². The van der Waals surface area contributed by atoms with Gasteiger partial charge in [-0.15, -0.1) is 0 Å². The number of fused-ring (bicyclic) bond motifs is 1. The largest absolute Gasteiger partial charge is 0.353 e. The van der Waals surface area contributed by atoms with Gasteiger partial charge in [0.05, 0.1) is 12.2 Å². The highest BCUT2D eigenvalue weighted by atomic mass is 16.1. The lowest BCUT2D eigenvalue weighted by Gasteiger charge is -2.35. The minimum atomic E-state index is -0.0969. The second kappa shape index (κ2) is 7.64. The first-order chi connectivity index (χ1) is 13.1. The quantitative estimate of drug-likeness (QED) is 0.756. The van der Waals surface area contributed by atoms with Gasteiger partial charge in [0.25, 0.3) is 11.1 Å². The van der Waals surface area contributed by atoms with Gasteiger partial charge in [-0.1, -0.05) is 0 Å². The topological polar surface area (TPSA) is 76.3 Å². The summed E-state index contributed by atoms with van der Waals surface area (Å²) in [6, 6.07) is 5.13. The molecule has 0 radical (unpaired) electrons. The first-order valence-corrected chi connectivity index (χ1v) is 9.72. The van der Waals surface area contributed by atoms with E-state index in [1.54, 1.807) is 29.9 Å². The van der Waals surface area contributed by atoms with E-state index >= 15 is 0 Å². The number of nitrogens with zero attached hydrogens (tertiary/aromatic N) is 6. The van der Waals surface area contributed by atoms with Crippen molar-refractivity contribution in [2.45, 2.75) is 32.2 Å². The average molecular weight is 370 g/mol. The normalized spacial score (nSPS) is 17.7. The summed E-state index contributed by atoms with van der Waals surface area (Å²) in [5, 5.41) is 8.93. The Labute approximate surface area is 158 Å². The lowest BCUT2D eigenvalue weighted by molar-refractivity contribution is 0.241. The Morgan fingerprint density at radius 1 is 0.926 bits per heavy atom. The monoisotopic (exact) mass is 370 g/mol. The van der Waals surface area contributed by atoms with E-state index in [0.29, 0.717) is 6.54 Å². The fourth-order valence-electron chi connectivity index (χ4n) is 3.86. The average Bonchev–Trinajstić information content (AvgIpc) is 2.69. The highest BCUT2D eigenvalue weighted by Gasteiger charge is 2.19. The fourth-order valence-corrected chi connectivity index (χ4v) is 3.86. The summed E-state index contributed by atoms with van der Waals surface area (Å²) in [4.78, 5) is 28.3. The predicted octanol–water partition coefficient (Wildman–Crippen LogP) is 0.0380. The fraction of sp³-hybridized carbons (Fsp3) is 0.579. The highest BCUT2D eigenvalue weighted by molar-refractivity contribution is 5.37. The number of anilines is 1. The molecule has 1 aliphatic carbocycles. The molecule has 8 nitrogen and oxygen atoms in total. The summed E-state index contributed by atoms with van der Waals surface area (Å²) < 4.78 is 3.00. The SMILES string of the molecule is Cn1nc(N2CCN(CCn3nc4c(cc3=O)CCCC4)CC2)ccc1=O. The molecule has 2 aromatic heterocycles. The lowest BCUT2D eigenvalue weighted by Crippen LogP contribution is -2.48. The van der Waals surface area contributed by atoms with E-state index in [2.05, 4.69) is 20.0 Å². The summed E-state index contributed by atoms with van der Waals surface area (Å²) in [5.74, 6) is 0.837. The Hall–Kier alpha value is -2.48. The van der Waals surface area contributed by atoms with Crippen LogP contribution >= 0.6 is 0 Å². The van der Waals surface area contributed by atoms with Gasteiger partial charge < -0.3 is 4.90 Å². The summed E-state index contributed by atoms with van der Waals surface area (Å²) in [6.45, 7) is 4.98. The molecule has 4 rings (SSSR count). The minimum absolute atomic E-state index is 0.0173. The minimum Gasteiger partial charge on any atom is -0.353 e. The molecule has 0 bridgehead atoms. The zero-order chi connectivity index (χ0) is 18.8. The Kier molecular flexibility index (Phi) is 5.07. The lowest BCUT2D eigenvalue weighted by atomic mass is 9.97. The van der Waals surface area contributed by atoms with Crippen molar-refractivity contribution >= 4 is 5.82 Å². The van der Waals surface area contributed by atoms with Crippen molar-refractivity contribution in [2.24, 2.45) is 7.05 Å². The number of hydrogen-bond donors (Lipinski definition) is 0. The summed E-state index contributed by atoms with van der Waals surface area (Å²) in [7, 11) is 1.67. The predicted molar refractivity (Wildman–Crippen MR) is 103 cm³/mol. The van der Waals surface area contributed by atoms with Crippen LogP contribution in [-0.2, 0) is 26.4 Å². The van der Waals surface area contributed by atoms with Gasteiger partial charge in [0.15, 0.2) is 0 Å². The van der Waals surface area contributed by atoms with Crippen molar-refractivity contribution in [3.63, 3.8) is 0 Å². The van der Waals surface area contributed by atoms with Crippen LogP contribution in [0, 0.1) is 0 Å². The molecule has 0 N–H and O–H groups in total. The molecule has 8 heteroatoms. The maximum Gasteiger partial charge on any atom is 0.267 e. The van der Waals surface area contributed by atoms with Crippen molar-refractivity contribution in [3.8, 4) is 0 Å². The van der Waals surface area contributed by atoms with Crippen LogP contribution in [0.4, 0.5) is 5.82 Å². The van der Waals surface area contributed by atoms with Crippen LogP contribution in [0.25, 0.3) is 0 Å². The van der Waals surface area contributed by atoms with E-state index in [0.717, 1.165) is 69.1 Å². The molecule has 3 heterocycles. The molecule has 0 spiro atoms. The number of piperazine rings is 1. The van der Waals surface area contributed by atoms with Crippen LogP contribution in [0.15, 0.2) is 27.8 Å². The molecule has 1 saturated heterocycles. The third-order valence-corrected chi connectivity index (χ3v) is 5.54. The molecule has 1 aliphatic heterocycles. The van der Waals surface area contributed by atoms with Gasteiger partial charge in [0, 0.05) is 51.9 Å². The van der Waals surface area contributed by atoms with Crippen molar-refractivity contribution in [3.05, 3.63) is 50.2 Å². The van der Waals surface area contributed by atoms with Crippen LogP contribution in [0.2, 0.25) is 0 Å². The van der Waals surface area contributed by atoms with Gasteiger partial charge in [-0.3, -0.25) is 14.5 Å². The standard InChI is InChI=1S/C19H26N6O2/c1-22-18(26)7-6-17(21-22)24-11-8-23(9-12-24)10-13-25-19(27)14-15-4-2-3-5-16(15)20-25/h6-7,14H,2-5,8-13H2,1H3. The zero-order valence-corrected chi connectivity index (χ0v) is 15.8. The molecular weight excluding hydrogens is 344 g/mol. The summed E-state index contributed by atoms with van der Waals surface area (Å²) in [5.41, 5.74) is 2.16. The van der Waals surface area contributed by atoms with E-state index in [1.807, 2.05) is 0 Å². The molecule has 0 aromatic carbocycles. The molecule has 2 aliphatic rings. The maximum absolute atomic E-state index is 12.3. The maximum atomic E-state index is 12.3. The number of aromatic nitrogens is 4. The van der Waals surface area contributed by atoms with Crippen molar-refractivity contribution in [1.82, 2.24) is 24.5 Å². The Balaban J connectivity index is 1.34. The van der Waals surface area contributed by atoms with Gasteiger partial charge in [-0.2, -0.15) is 10.2 Å². The molecular formula is C19H26N6O2. The van der Waals surface area contributed by atoms with Crippen LogP contribution in [-0.4, -0.2) is 57.2 Å². The molecule has 1 fully saturated rings. The molecule has 2 aromatic rings. The van der Waals surface area contributed by atoms with Gasteiger partial charge in [-0.25, -0.2) is 9.36 Å². The molecule has 0 amide bonds. The Bertz CT molecular complexity index is 927. The number of aryl methyl sites for hydroxylation is 3. The Morgan fingerprint density at radius 3 is 2.48 bits per heavy atom. The van der Waals surface area contributed by atoms with Gasteiger partial charge >= 0.3 is 0 Å². The molecule has 0 saturated carbocycles. The van der Waals surface area contributed by atoms with Crippen LogP contribution in [0.5, 0.6) is 0 Å². The second-order valence-corrected chi connectivity index (χ2v) is 7.37. The van der Waals surface area contributed by atoms with Gasteiger partial charge in [0.1, 0.15) is 5.82 Å². The highest BCUT2D eigenvalue weighted by Crippen LogP contribution is 2.17. The third kappa shape index (κ3) is 3.95. The van der Waals surface area contributed by atoms with E-state index < -0.39 is 0 Å². The first kappa shape index (κ1) is 17.9. The zero-order valence-electron chi connectivity index (χ0n) is 15.8. The van der Waals surface area contributed by atoms with Crippen molar-refractivity contribution in [1.29, 1.82) is 0 Å². The number of hydrogen-bond acceptors (Lipinski definition) is 6. The molecule has 27 heavy (non-hydrogen) atoms. The summed E-state index contributed by atoms with van der Waals surface area (Å²) >= 11 is 0. The molecule has 0 unspecified atom stereocenters. The van der Waals surface area contributed by atoms with E-state index in [-0.39, 0.29) is 11.1 Å². The smallest absolute Gasteiger partial charge is 0.267 e. The van der Waals surface area contributed by atoms with E-state index in [9.17, 15) is 9.59 Å². The first-order valence-electron chi connectivity index (χ1n) is 9.72. The van der Waals surface area contributed by atoms with E-state index in [4.69, 9.17) is 0 Å². The Morgan fingerprint density at radius 2 is 1.70 bits per heavy atom. The van der Waals surface area contributed by atoms with Crippen molar-refractivity contribution in [2.75, 3.05) is 37.6 Å². The van der Waals surface area contributed by atoms with Crippen LogP contribution in [0.3, 0.4) is 0 Å². The second-order valence-electron chi connectivity index (χ2n) is 7.37.